The highest BCUT2D eigenvalue weighted by Gasteiger charge is 2.29. The summed E-state index contributed by atoms with van der Waals surface area (Å²) in [5.41, 5.74) is 1.46. The van der Waals surface area contributed by atoms with E-state index in [4.69, 9.17) is 48.7 Å². The standard InChI is InChI=1S/C14H9Cl3N2O3/c15-14(16,17)13-19-18-12(22-13)4-3-10-6-9-2-1-8(7-20)5-11(9)21-10/h1-6,20H,7H2. The number of aliphatic hydroxyl groups is 1. The van der Waals surface area contributed by atoms with Crippen LogP contribution in [0.4, 0.5) is 0 Å². The van der Waals surface area contributed by atoms with E-state index < -0.39 is 3.79 Å². The van der Waals surface area contributed by atoms with Gasteiger partial charge in [0.25, 0.3) is 9.68 Å². The molecular weight excluding hydrogens is 351 g/mol. The summed E-state index contributed by atoms with van der Waals surface area (Å²) in [5, 5.41) is 17.4. The summed E-state index contributed by atoms with van der Waals surface area (Å²) in [7, 11) is 0. The lowest BCUT2D eigenvalue weighted by atomic mass is 10.2. The Balaban J connectivity index is 1.84. The van der Waals surface area contributed by atoms with Crippen LogP contribution in [-0.4, -0.2) is 15.3 Å². The van der Waals surface area contributed by atoms with Gasteiger partial charge in [0.15, 0.2) is 0 Å². The van der Waals surface area contributed by atoms with Crippen LogP contribution in [0.2, 0.25) is 0 Å². The van der Waals surface area contributed by atoms with Gasteiger partial charge >= 0.3 is 0 Å². The van der Waals surface area contributed by atoms with E-state index in [1.54, 1.807) is 18.2 Å². The first-order chi connectivity index (χ1) is 10.5. The number of hydrogen-bond acceptors (Lipinski definition) is 5. The Bertz CT molecular complexity index is 833. The second kappa shape index (κ2) is 5.93. The number of furan rings is 1. The summed E-state index contributed by atoms with van der Waals surface area (Å²) < 4.78 is 9.09. The van der Waals surface area contributed by atoms with Gasteiger partial charge in [-0.1, -0.05) is 46.9 Å². The molecule has 0 saturated carbocycles. The van der Waals surface area contributed by atoms with Crippen molar-refractivity contribution in [3.8, 4) is 0 Å². The number of rotatable bonds is 3. The van der Waals surface area contributed by atoms with Gasteiger partial charge in [-0.2, -0.15) is 0 Å². The number of aliphatic hydroxyl groups excluding tert-OH is 1. The first-order valence-electron chi connectivity index (χ1n) is 6.18. The molecule has 2 heterocycles. The molecule has 0 aliphatic rings. The summed E-state index contributed by atoms with van der Waals surface area (Å²) in [6, 6.07) is 7.32. The average molecular weight is 360 g/mol. The van der Waals surface area contributed by atoms with Gasteiger partial charge in [-0.25, -0.2) is 0 Å². The summed E-state index contributed by atoms with van der Waals surface area (Å²) in [5.74, 6) is 0.686. The lowest BCUT2D eigenvalue weighted by molar-refractivity contribution is 0.282. The van der Waals surface area contributed by atoms with E-state index >= 15 is 0 Å². The fraction of sp³-hybridized carbons (Fsp3) is 0.143. The molecule has 0 amide bonds. The fourth-order valence-corrected chi connectivity index (χ4v) is 2.08. The van der Waals surface area contributed by atoms with E-state index in [0.29, 0.717) is 11.3 Å². The predicted molar refractivity (Wildman–Crippen MR) is 84.6 cm³/mol. The molecule has 0 radical (unpaired) electrons. The van der Waals surface area contributed by atoms with Gasteiger partial charge in [0.2, 0.25) is 5.89 Å². The Kier molecular flexibility index (Phi) is 4.14. The van der Waals surface area contributed by atoms with Gasteiger partial charge in [0, 0.05) is 11.5 Å². The van der Waals surface area contributed by atoms with Gasteiger partial charge in [0.1, 0.15) is 11.3 Å². The Morgan fingerprint density at radius 3 is 2.59 bits per heavy atom. The largest absolute Gasteiger partial charge is 0.457 e. The minimum atomic E-state index is -1.75. The number of halogens is 3. The Hall–Kier alpha value is -1.53. The van der Waals surface area contributed by atoms with E-state index in [9.17, 15) is 0 Å². The average Bonchev–Trinajstić information content (AvgIpc) is 3.10. The third kappa shape index (κ3) is 3.28. The predicted octanol–water partition coefficient (Wildman–Crippen LogP) is 4.31. The van der Waals surface area contributed by atoms with E-state index in [2.05, 4.69) is 10.2 Å². The second-order valence-electron chi connectivity index (χ2n) is 4.46. The van der Waals surface area contributed by atoms with Crippen molar-refractivity contribution in [2.24, 2.45) is 0 Å². The van der Waals surface area contributed by atoms with Crippen molar-refractivity contribution in [1.29, 1.82) is 0 Å². The lowest BCUT2D eigenvalue weighted by Crippen LogP contribution is -1.99. The van der Waals surface area contributed by atoms with Crippen molar-refractivity contribution in [2.75, 3.05) is 0 Å². The van der Waals surface area contributed by atoms with Crippen LogP contribution in [0.25, 0.3) is 23.1 Å². The molecule has 0 fully saturated rings. The Morgan fingerprint density at radius 2 is 1.91 bits per heavy atom. The van der Waals surface area contributed by atoms with Crippen LogP contribution in [0.5, 0.6) is 0 Å². The highest BCUT2D eigenvalue weighted by Crippen LogP contribution is 2.37. The van der Waals surface area contributed by atoms with Crippen LogP contribution in [-0.2, 0) is 10.4 Å². The van der Waals surface area contributed by atoms with E-state index in [1.807, 2.05) is 18.2 Å². The molecule has 8 heteroatoms. The molecule has 0 atom stereocenters. The minimum Gasteiger partial charge on any atom is -0.457 e. The van der Waals surface area contributed by atoms with Crippen molar-refractivity contribution >= 4 is 57.9 Å². The smallest absolute Gasteiger partial charge is 0.268 e. The molecule has 5 nitrogen and oxygen atoms in total. The summed E-state index contributed by atoms with van der Waals surface area (Å²) >= 11 is 16.9. The van der Waals surface area contributed by atoms with Crippen LogP contribution < -0.4 is 0 Å². The van der Waals surface area contributed by atoms with Crippen LogP contribution in [0, 0.1) is 0 Å². The first kappa shape index (κ1) is 15.4. The van der Waals surface area contributed by atoms with Crippen LogP contribution in [0.15, 0.2) is 33.1 Å². The van der Waals surface area contributed by atoms with Crippen LogP contribution in [0.1, 0.15) is 23.1 Å². The van der Waals surface area contributed by atoms with Gasteiger partial charge in [0.05, 0.1) is 6.61 Å². The van der Waals surface area contributed by atoms with Gasteiger partial charge in [-0.3, -0.25) is 0 Å². The van der Waals surface area contributed by atoms with Crippen molar-refractivity contribution in [2.45, 2.75) is 10.4 Å². The number of hydrogen-bond donors (Lipinski definition) is 1. The molecule has 3 rings (SSSR count). The molecule has 1 aromatic carbocycles. The number of fused-ring (bicyclic) bond motifs is 1. The SMILES string of the molecule is OCc1ccc2cc(C=Cc3nnc(C(Cl)(Cl)Cl)o3)oc2c1. The van der Waals surface area contributed by atoms with Crippen LogP contribution >= 0.6 is 34.8 Å². The zero-order chi connectivity index (χ0) is 15.7. The van der Waals surface area contributed by atoms with Crippen molar-refractivity contribution in [1.82, 2.24) is 10.2 Å². The second-order valence-corrected chi connectivity index (χ2v) is 6.74. The molecule has 0 aliphatic heterocycles. The third-order valence-corrected chi connectivity index (χ3v) is 3.34. The van der Waals surface area contributed by atoms with Gasteiger partial charge in [-0.15, -0.1) is 10.2 Å². The highest BCUT2D eigenvalue weighted by atomic mass is 35.6. The van der Waals surface area contributed by atoms with Crippen molar-refractivity contribution < 1.29 is 13.9 Å². The number of alkyl halides is 3. The summed E-state index contributed by atoms with van der Waals surface area (Å²) in [6.45, 7) is -0.0381. The van der Waals surface area contributed by atoms with E-state index in [-0.39, 0.29) is 18.4 Å². The molecule has 0 bridgehead atoms. The lowest BCUT2D eigenvalue weighted by Gasteiger charge is -2.01. The number of aromatic nitrogens is 2. The number of benzene rings is 1. The Labute approximate surface area is 140 Å². The third-order valence-electron chi connectivity index (χ3n) is 2.86. The molecular formula is C14H9Cl3N2O3. The zero-order valence-electron chi connectivity index (χ0n) is 11.0. The minimum absolute atomic E-state index is 0.0381. The fourth-order valence-electron chi connectivity index (χ4n) is 1.85. The van der Waals surface area contributed by atoms with Gasteiger partial charge < -0.3 is 13.9 Å². The van der Waals surface area contributed by atoms with Gasteiger partial charge in [-0.05, 0) is 23.8 Å². The normalized spacial score (nSPS) is 12.5. The maximum atomic E-state index is 9.11. The van der Waals surface area contributed by atoms with E-state index in [1.165, 1.54) is 0 Å². The molecule has 1 N–H and O–H groups in total. The Morgan fingerprint density at radius 1 is 1.09 bits per heavy atom. The van der Waals surface area contributed by atoms with Crippen molar-refractivity contribution in [3.63, 3.8) is 0 Å². The molecule has 22 heavy (non-hydrogen) atoms. The maximum Gasteiger partial charge on any atom is 0.268 e. The molecule has 0 aliphatic carbocycles. The van der Waals surface area contributed by atoms with Crippen LogP contribution in [0.3, 0.4) is 0 Å². The monoisotopic (exact) mass is 358 g/mol. The van der Waals surface area contributed by atoms with E-state index in [0.717, 1.165) is 10.9 Å². The van der Waals surface area contributed by atoms with Crippen molar-refractivity contribution in [3.05, 3.63) is 47.4 Å². The first-order valence-corrected chi connectivity index (χ1v) is 7.31. The maximum absolute atomic E-state index is 9.11. The molecule has 0 unspecified atom stereocenters. The summed E-state index contributed by atoms with van der Waals surface area (Å²) in [6.07, 6.45) is 3.21. The highest BCUT2D eigenvalue weighted by molar-refractivity contribution is 6.66. The summed E-state index contributed by atoms with van der Waals surface area (Å²) in [4.78, 5) is 0. The molecule has 2 aromatic heterocycles. The molecule has 0 saturated heterocycles. The zero-order valence-corrected chi connectivity index (χ0v) is 13.2. The number of nitrogens with zero attached hydrogens (tertiary/aromatic N) is 2. The topological polar surface area (TPSA) is 72.3 Å². The molecule has 114 valence electrons. The molecule has 3 aromatic rings. The molecule has 0 spiro atoms. The quantitative estimate of drug-likeness (QED) is 0.706.